The first-order valence-electron chi connectivity index (χ1n) is 4.69. The van der Waals surface area contributed by atoms with Crippen LogP contribution < -0.4 is 5.73 Å². The van der Waals surface area contributed by atoms with Gasteiger partial charge in [-0.2, -0.15) is 0 Å². The van der Waals surface area contributed by atoms with E-state index in [0.29, 0.717) is 25.7 Å². The average Bonchev–Trinajstić information content (AvgIpc) is 2.41. The molecule has 1 unspecified atom stereocenters. The molecule has 0 radical (unpaired) electrons. The molecule has 0 saturated carbocycles. The molecule has 0 aromatic rings. The molecule has 0 bridgehead atoms. The number of methoxy groups -OCH3 is 2. The first kappa shape index (κ1) is 11.3. The van der Waals surface area contributed by atoms with E-state index in [2.05, 4.69) is 11.9 Å². The van der Waals surface area contributed by atoms with Gasteiger partial charge >= 0.3 is 0 Å². The van der Waals surface area contributed by atoms with Gasteiger partial charge in [-0.05, 0) is 6.92 Å². The summed E-state index contributed by atoms with van der Waals surface area (Å²) in [7, 11) is 3.37. The Balaban J connectivity index is 2.60. The number of nitrogens with zero attached hydrogens (tertiary/aromatic N) is 2. The van der Waals surface area contributed by atoms with Crippen molar-refractivity contribution in [2.45, 2.75) is 12.5 Å². The topological polar surface area (TPSA) is 60.1 Å². The highest BCUT2D eigenvalue weighted by Crippen LogP contribution is 2.21. The molecule has 0 saturated heterocycles. The highest BCUT2D eigenvalue weighted by Gasteiger charge is 2.37. The third-order valence-corrected chi connectivity index (χ3v) is 2.48. The van der Waals surface area contributed by atoms with Crippen LogP contribution >= 0.6 is 0 Å². The zero-order chi connectivity index (χ0) is 10.6. The van der Waals surface area contributed by atoms with Crippen LogP contribution in [0.4, 0.5) is 0 Å². The lowest BCUT2D eigenvalue weighted by atomic mass is 10.0. The Bertz CT molecular complexity index is 220. The average molecular weight is 201 g/mol. The second-order valence-corrected chi connectivity index (χ2v) is 3.75. The van der Waals surface area contributed by atoms with Gasteiger partial charge in [0, 0.05) is 20.8 Å². The summed E-state index contributed by atoms with van der Waals surface area (Å²) in [6.45, 7) is 4.81. The molecule has 1 aliphatic rings. The lowest BCUT2D eigenvalue weighted by Crippen LogP contribution is -2.53. The molecule has 1 atom stereocenters. The minimum Gasteiger partial charge on any atom is -0.383 e. The molecule has 0 aromatic heterocycles. The van der Waals surface area contributed by atoms with E-state index < -0.39 is 0 Å². The molecule has 0 aliphatic carbocycles. The van der Waals surface area contributed by atoms with Crippen LogP contribution in [0, 0.1) is 0 Å². The SMILES string of the molecule is COCCN1C(N)=NCC1(C)COC. The summed E-state index contributed by atoms with van der Waals surface area (Å²) in [4.78, 5) is 6.27. The molecule has 14 heavy (non-hydrogen) atoms. The number of guanidine groups is 1. The summed E-state index contributed by atoms with van der Waals surface area (Å²) in [5.74, 6) is 0.585. The second kappa shape index (κ2) is 4.61. The minimum absolute atomic E-state index is 0.114. The zero-order valence-electron chi connectivity index (χ0n) is 9.12. The molecule has 2 N–H and O–H groups in total. The van der Waals surface area contributed by atoms with Crippen molar-refractivity contribution in [2.24, 2.45) is 10.7 Å². The largest absolute Gasteiger partial charge is 0.383 e. The van der Waals surface area contributed by atoms with Crippen LogP contribution in [-0.4, -0.2) is 56.9 Å². The fourth-order valence-corrected chi connectivity index (χ4v) is 1.70. The molecule has 0 spiro atoms. The molecule has 1 rings (SSSR count). The molecule has 0 amide bonds. The summed E-state index contributed by atoms with van der Waals surface area (Å²) in [5.41, 5.74) is 5.68. The van der Waals surface area contributed by atoms with E-state index in [0.717, 1.165) is 6.54 Å². The highest BCUT2D eigenvalue weighted by molar-refractivity contribution is 5.81. The van der Waals surface area contributed by atoms with Crippen LogP contribution in [0.2, 0.25) is 0 Å². The number of ether oxygens (including phenoxy) is 2. The molecule has 0 fully saturated rings. The smallest absolute Gasteiger partial charge is 0.192 e. The lowest BCUT2D eigenvalue weighted by molar-refractivity contribution is 0.0636. The summed E-state index contributed by atoms with van der Waals surface area (Å²) in [6.07, 6.45) is 0. The van der Waals surface area contributed by atoms with Gasteiger partial charge in [-0.15, -0.1) is 0 Å². The quantitative estimate of drug-likeness (QED) is 0.661. The first-order valence-corrected chi connectivity index (χ1v) is 4.69. The number of aliphatic imine (C=N–C) groups is 1. The maximum absolute atomic E-state index is 5.79. The van der Waals surface area contributed by atoms with Crippen molar-refractivity contribution in [1.29, 1.82) is 0 Å². The molecular formula is C9H19N3O2. The predicted octanol–water partition coefficient (Wildman–Crippen LogP) is -0.332. The summed E-state index contributed by atoms with van der Waals surface area (Å²) >= 11 is 0. The second-order valence-electron chi connectivity index (χ2n) is 3.75. The Kier molecular flexibility index (Phi) is 3.71. The molecule has 5 heteroatoms. The van der Waals surface area contributed by atoms with Crippen LogP contribution in [0.25, 0.3) is 0 Å². The summed E-state index contributed by atoms with van der Waals surface area (Å²) in [6, 6.07) is 0. The summed E-state index contributed by atoms with van der Waals surface area (Å²) < 4.78 is 10.2. The standard InChI is InChI=1S/C9H19N3O2/c1-9(7-14-3)6-11-8(10)12(9)4-5-13-2/h4-7H2,1-3H3,(H2,10,11). The fraction of sp³-hybridized carbons (Fsp3) is 0.889. The van der Waals surface area contributed by atoms with Crippen molar-refractivity contribution in [3.8, 4) is 0 Å². The van der Waals surface area contributed by atoms with Gasteiger partial charge in [0.2, 0.25) is 0 Å². The maximum Gasteiger partial charge on any atom is 0.192 e. The van der Waals surface area contributed by atoms with Crippen molar-refractivity contribution >= 4 is 5.96 Å². The molecule has 1 aliphatic heterocycles. The number of rotatable bonds is 5. The molecular weight excluding hydrogens is 182 g/mol. The number of hydrogen-bond acceptors (Lipinski definition) is 5. The van der Waals surface area contributed by atoms with Gasteiger partial charge in [-0.1, -0.05) is 0 Å². The third-order valence-electron chi connectivity index (χ3n) is 2.48. The van der Waals surface area contributed by atoms with Crippen molar-refractivity contribution in [2.75, 3.05) is 40.5 Å². The van der Waals surface area contributed by atoms with E-state index in [-0.39, 0.29) is 5.54 Å². The third kappa shape index (κ3) is 2.16. The van der Waals surface area contributed by atoms with Crippen molar-refractivity contribution in [1.82, 2.24) is 4.90 Å². The fourth-order valence-electron chi connectivity index (χ4n) is 1.70. The maximum atomic E-state index is 5.79. The van der Waals surface area contributed by atoms with Crippen molar-refractivity contribution < 1.29 is 9.47 Å². The van der Waals surface area contributed by atoms with Crippen molar-refractivity contribution in [3.05, 3.63) is 0 Å². The Labute approximate surface area is 84.9 Å². The molecule has 82 valence electrons. The Morgan fingerprint density at radius 1 is 1.50 bits per heavy atom. The first-order chi connectivity index (χ1) is 6.64. The van der Waals surface area contributed by atoms with E-state index in [9.17, 15) is 0 Å². The van der Waals surface area contributed by atoms with Crippen LogP contribution in [0.1, 0.15) is 6.92 Å². The Morgan fingerprint density at radius 3 is 2.79 bits per heavy atom. The molecule has 0 aromatic carbocycles. The summed E-state index contributed by atoms with van der Waals surface area (Å²) in [5, 5.41) is 0. The van der Waals surface area contributed by atoms with Gasteiger partial charge in [0.1, 0.15) is 0 Å². The van der Waals surface area contributed by atoms with Gasteiger partial charge in [-0.3, -0.25) is 4.99 Å². The van der Waals surface area contributed by atoms with Gasteiger partial charge in [0.15, 0.2) is 5.96 Å². The monoisotopic (exact) mass is 201 g/mol. The zero-order valence-corrected chi connectivity index (χ0v) is 9.12. The van der Waals surface area contributed by atoms with Crippen LogP contribution in [0.15, 0.2) is 4.99 Å². The predicted molar refractivity (Wildman–Crippen MR) is 55.4 cm³/mol. The van der Waals surface area contributed by atoms with Crippen LogP contribution in [-0.2, 0) is 9.47 Å². The van der Waals surface area contributed by atoms with Gasteiger partial charge in [0.05, 0.1) is 25.3 Å². The van der Waals surface area contributed by atoms with Crippen molar-refractivity contribution in [3.63, 3.8) is 0 Å². The van der Waals surface area contributed by atoms with Crippen LogP contribution in [0.5, 0.6) is 0 Å². The van der Waals surface area contributed by atoms with Gasteiger partial charge < -0.3 is 20.1 Å². The van der Waals surface area contributed by atoms with Gasteiger partial charge in [-0.25, -0.2) is 0 Å². The normalized spacial score (nSPS) is 26.8. The molecule has 5 nitrogen and oxygen atoms in total. The van der Waals surface area contributed by atoms with E-state index >= 15 is 0 Å². The number of hydrogen-bond donors (Lipinski definition) is 1. The van der Waals surface area contributed by atoms with E-state index in [1.807, 2.05) is 4.90 Å². The Morgan fingerprint density at radius 2 is 2.21 bits per heavy atom. The lowest BCUT2D eigenvalue weighted by Gasteiger charge is -2.35. The van der Waals surface area contributed by atoms with E-state index in [4.69, 9.17) is 15.2 Å². The highest BCUT2D eigenvalue weighted by atomic mass is 16.5. The molecule has 1 heterocycles. The van der Waals surface area contributed by atoms with E-state index in [1.165, 1.54) is 0 Å². The van der Waals surface area contributed by atoms with E-state index in [1.54, 1.807) is 14.2 Å². The Hall–Kier alpha value is -0.810. The van der Waals surface area contributed by atoms with Gasteiger partial charge in [0.25, 0.3) is 0 Å². The minimum atomic E-state index is -0.114. The van der Waals surface area contributed by atoms with Crippen LogP contribution in [0.3, 0.4) is 0 Å². The number of nitrogens with two attached hydrogens (primary N) is 1.